The van der Waals surface area contributed by atoms with Gasteiger partial charge in [0, 0.05) is 0 Å². The quantitative estimate of drug-likeness (QED) is 0.208. The molecule has 28 heavy (non-hydrogen) atoms. The van der Waals surface area contributed by atoms with Gasteiger partial charge in [-0.1, -0.05) is 17.9 Å². The van der Waals surface area contributed by atoms with Gasteiger partial charge in [0.1, 0.15) is 0 Å². The number of aliphatic hydroxyl groups excluding tert-OH is 1. The molecule has 0 aromatic heterocycles. The summed E-state index contributed by atoms with van der Waals surface area (Å²) in [4.78, 5) is 12.0. The van der Waals surface area contributed by atoms with Crippen LogP contribution in [0, 0.1) is 6.08 Å². The van der Waals surface area contributed by atoms with Crippen molar-refractivity contribution in [2.24, 2.45) is 0 Å². The zero-order valence-electron chi connectivity index (χ0n) is 17.1. The molecule has 0 radical (unpaired) electrons. The van der Waals surface area contributed by atoms with Gasteiger partial charge < -0.3 is 37.1 Å². The molecule has 0 aliphatic heterocycles. The van der Waals surface area contributed by atoms with Crippen LogP contribution < -0.4 is 9.47 Å². The summed E-state index contributed by atoms with van der Waals surface area (Å²) in [5.74, 6) is 0.390. The number of aliphatic hydroxyl groups is 1. The third-order valence-electron chi connectivity index (χ3n) is 4.06. The van der Waals surface area contributed by atoms with Crippen molar-refractivity contribution in [1.29, 1.82) is 0 Å². The number of methoxy groups -OCH3 is 2. The fourth-order valence-electron chi connectivity index (χ4n) is 2.56. The molecule has 0 fully saturated rings. The van der Waals surface area contributed by atoms with E-state index < -0.39 is 0 Å². The standard InChI is InChI=1S/C21H23O6.Ba.H/c1-26-20-11-14(5-9-18(20)24)3-7-16(22)13-17(23)8-4-15-6-10-19(25)21(12-15)27-2;;/h5-6,9-12,22,24-25H,3-4,7-8H2,1-2H3;;/q-1;+2;-1. The zero-order valence-corrected chi connectivity index (χ0v) is 20.5. The number of hydrogen-bond acceptors (Lipinski definition) is 6. The summed E-state index contributed by atoms with van der Waals surface area (Å²) in [5.41, 5.74) is 1.71. The smallest absolute Gasteiger partial charge is 1.00 e. The van der Waals surface area contributed by atoms with Crippen LogP contribution in [0.3, 0.4) is 0 Å². The molecular formula is C21H24BaO6. The Morgan fingerprint density at radius 3 is 1.86 bits per heavy atom. The number of rotatable bonds is 9. The van der Waals surface area contributed by atoms with E-state index in [-0.39, 0.29) is 86.2 Å². The summed E-state index contributed by atoms with van der Waals surface area (Å²) >= 11 is 0. The molecule has 0 saturated heterocycles. The summed E-state index contributed by atoms with van der Waals surface area (Å²) in [5, 5.41) is 29.1. The van der Waals surface area contributed by atoms with Crippen LogP contribution in [0.1, 0.15) is 25.4 Å². The predicted molar refractivity (Wildman–Crippen MR) is 107 cm³/mol. The minimum Gasteiger partial charge on any atom is -1.00 e. The van der Waals surface area contributed by atoms with Gasteiger partial charge in [-0.2, -0.15) is 0 Å². The minimum atomic E-state index is -0.303. The second kappa shape index (κ2) is 12.1. The molecule has 0 aliphatic rings. The number of Topliss-reactive ketones (excluding diaryl/α,β-unsaturated/α-hetero) is 1. The Morgan fingerprint density at radius 1 is 0.929 bits per heavy atom. The number of phenols is 2. The zero-order chi connectivity index (χ0) is 19.8. The minimum absolute atomic E-state index is 0. The molecule has 0 bridgehead atoms. The molecule has 0 saturated carbocycles. The van der Waals surface area contributed by atoms with Gasteiger partial charge in [-0.15, -0.1) is 0 Å². The molecule has 0 amide bonds. The number of aromatic hydroxyl groups is 2. The van der Waals surface area contributed by atoms with E-state index in [0.29, 0.717) is 24.3 Å². The van der Waals surface area contributed by atoms with Gasteiger partial charge in [0.2, 0.25) is 0 Å². The number of ether oxygens (including phenoxy) is 2. The molecule has 2 aromatic rings. The number of carbonyl (C=O) groups is 1. The average Bonchev–Trinajstić information content (AvgIpc) is 2.66. The van der Waals surface area contributed by atoms with Crippen molar-refractivity contribution in [2.45, 2.75) is 25.7 Å². The molecule has 3 N–H and O–H groups in total. The topological polar surface area (TPSA) is 96.2 Å². The third kappa shape index (κ3) is 7.44. The van der Waals surface area contributed by atoms with E-state index >= 15 is 0 Å². The molecule has 0 spiro atoms. The monoisotopic (exact) mass is 510 g/mol. The van der Waals surface area contributed by atoms with E-state index in [1.807, 2.05) is 0 Å². The van der Waals surface area contributed by atoms with Crippen LogP contribution in [0.5, 0.6) is 23.0 Å². The molecule has 146 valence electrons. The van der Waals surface area contributed by atoms with E-state index in [2.05, 4.69) is 6.08 Å². The van der Waals surface area contributed by atoms with Crippen molar-refractivity contribution in [2.75, 3.05) is 14.2 Å². The first-order valence-corrected chi connectivity index (χ1v) is 8.49. The normalized spacial score (nSPS) is 10.9. The SMILES string of the molecule is COc1cc(CCC(=O)[C-]=C(O)CCc2ccc(O)c(OC)c2)ccc1O.[Ba+2].[H-]. The average molecular weight is 510 g/mol. The Balaban J connectivity index is 0.00000392. The van der Waals surface area contributed by atoms with Crippen LogP contribution in [0.15, 0.2) is 42.2 Å². The Kier molecular flexibility index (Phi) is 10.6. The number of phenolic OH excluding ortho intramolecular Hbond substituents is 2. The van der Waals surface area contributed by atoms with Crippen molar-refractivity contribution in [3.8, 4) is 23.0 Å². The van der Waals surface area contributed by atoms with Gasteiger partial charge in [0.15, 0.2) is 23.0 Å². The van der Waals surface area contributed by atoms with Crippen LogP contribution >= 0.6 is 0 Å². The molecule has 2 aromatic carbocycles. The van der Waals surface area contributed by atoms with Crippen molar-refractivity contribution in [3.05, 3.63) is 59.4 Å². The van der Waals surface area contributed by atoms with Crippen molar-refractivity contribution in [1.82, 2.24) is 0 Å². The molecule has 0 atom stereocenters. The number of ketones is 1. The van der Waals surface area contributed by atoms with Crippen LogP contribution in [-0.2, 0) is 17.6 Å². The van der Waals surface area contributed by atoms with E-state index in [9.17, 15) is 20.1 Å². The van der Waals surface area contributed by atoms with E-state index in [0.717, 1.165) is 11.1 Å². The van der Waals surface area contributed by atoms with Crippen molar-refractivity contribution in [3.63, 3.8) is 0 Å². The molecule has 0 aliphatic carbocycles. The van der Waals surface area contributed by atoms with E-state index in [4.69, 9.17) is 9.47 Å². The number of hydrogen-bond donors (Lipinski definition) is 3. The first-order chi connectivity index (χ1) is 12.9. The summed E-state index contributed by atoms with van der Waals surface area (Å²) < 4.78 is 10.1. The summed E-state index contributed by atoms with van der Waals surface area (Å²) in [7, 11) is 2.93. The van der Waals surface area contributed by atoms with Gasteiger partial charge in [-0.25, -0.2) is 0 Å². The second-order valence-electron chi connectivity index (χ2n) is 6.01. The van der Waals surface area contributed by atoms with Crippen LogP contribution in [0.4, 0.5) is 0 Å². The molecule has 0 unspecified atom stereocenters. The number of benzene rings is 2. The fraction of sp³-hybridized carbons (Fsp3) is 0.286. The van der Waals surface area contributed by atoms with Gasteiger partial charge in [-0.3, -0.25) is 0 Å². The molecule has 6 nitrogen and oxygen atoms in total. The maximum atomic E-state index is 12.0. The molecule has 2 rings (SSSR count). The van der Waals surface area contributed by atoms with Gasteiger partial charge in [0.25, 0.3) is 0 Å². The summed E-state index contributed by atoms with van der Waals surface area (Å²) in [6, 6.07) is 9.84. The summed E-state index contributed by atoms with van der Waals surface area (Å²) in [6.07, 6.45) is 3.85. The first-order valence-electron chi connectivity index (χ1n) is 8.49. The van der Waals surface area contributed by atoms with Crippen molar-refractivity contribution >= 4 is 54.7 Å². The molecule has 0 heterocycles. The van der Waals surface area contributed by atoms with Crippen LogP contribution in [0.2, 0.25) is 0 Å². The maximum absolute atomic E-state index is 12.0. The van der Waals surface area contributed by atoms with Gasteiger partial charge in [0.05, 0.1) is 14.2 Å². The van der Waals surface area contributed by atoms with E-state index in [1.165, 1.54) is 26.4 Å². The van der Waals surface area contributed by atoms with Crippen LogP contribution in [-0.4, -0.2) is 84.2 Å². The third-order valence-corrected chi connectivity index (χ3v) is 4.06. The van der Waals surface area contributed by atoms with Gasteiger partial charge in [-0.05, 0) is 66.9 Å². The second-order valence-corrected chi connectivity index (χ2v) is 6.01. The largest absolute Gasteiger partial charge is 2.00 e. The van der Waals surface area contributed by atoms with Gasteiger partial charge >= 0.3 is 48.9 Å². The number of carbonyl (C=O) groups excluding carboxylic acids is 1. The Labute approximate surface area is 206 Å². The Hall–Kier alpha value is -1.58. The Morgan fingerprint density at radius 2 is 1.39 bits per heavy atom. The number of allylic oxidation sites excluding steroid dienone is 2. The summed E-state index contributed by atoms with van der Waals surface area (Å²) in [6.45, 7) is 0. The van der Waals surface area contributed by atoms with E-state index in [1.54, 1.807) is 24.3 Å². The molecule has 7 heteroatoms. The fourth-order valence-corrected chi connectivity index (χ4v) is 2.56. The first kappa shape index (κ1) is 24.5. The van der Waals surface area contributed by atoms with Crippen LogP contribution in [0.25, 0.3) is 0 Å². The van der Waals surface area contributed by atoms with Crippen molar-refractivity contribution < 1.29 is 31.0 Å². The molecular weight excluding hydrogens is 486 g/mol. The maximum Gasteiger partial charge on any atom is 2.00 e. The Bertz CT molecular complexity index is 838. The predicted octanol–water partition coefficient (Wildman–Crippen LogP) is 3.23. The number of aryl methyl sites for hydroxylation is 2.